The van der Waals surface area contributed by atoms with Crippen LogP contribution in [-0.2, 0) is 18.4 Å². The van der Waals surface area contributed by atoms with Crippen LogP contribution in [0.2, 0.25) is 0 Å². The van der Waals surface area contributed by atoms with E-state index in [1.54, 1.807) is 6.33 Å². The number of benzene rings is 1. The second-order valence-corrected chi connectivity index (χ2v) is 5.05. The summed E-state index contributed by atoms with van der Waals surface area (Å²) in [5, 5.41) is 3.37. The highest BCUT2D eigenvalue weighted by Gasteiger charge is 2.21. The summed E-state index contributed by atoms with van der Waals surface area (Å²) in [5.41, 5.74) is 3.11. The molecule has 0 saturated carbocycles. The molecule has 0 unspecified atom stereocenters. The van der Waals surface area contributed by atoms with E-state index in [4.69, 9.17) is 0 Å². The molecule has 1 saturated heterocycles. The summed E-state index contributed by atoms with van der Waals surface area (Å²) in [6, 6.07) is 8.00. The molecule has 0 atom stereocenters. The zero-order valence-corrected chi connectivity index (χ0v) is 11.5. The molecule has 2 heterocycles. The summed E-state index contributed by atoms with van der Waals surface area (Å²) in [5.74, 6) is 0.216. The molecule has 20 heavy (non-hydrogen) atoms. The first-order valence-electron chi connectivity index (χ1n) is 6.83. The average molecular weight is 270 g/mol. The van der Waals surface area contributed by atoms with Crippen molar-refractivity contribution in [3.8, 4) is 0 Å². The summed E-state index contributed by atoms with van der Waals surface area (Å²) in [4.78, 5) is 17.7. The molecule has 3 rings (SSSR count). The van der Waals surface area contributed by atoms with Crippen molar-refractivity contribution in [1.29, 1.82) is 0 Å². The topological polar surface area (TPSA) is 50.2 Å². The Hall–Kier alpha value is -2.30. The van der Waals surface area contributed by atoms with E-state index in [9.17, 15) is 4.79 Å². The van der Waals surface area contributed by atoms with Crippen molar-refractivity contribution < 1.29 is 4.79 Å². The van der Waals surface area contributed by atoms with Crippen molar-refractivity contribution in [2.45, 2.75) is 19.4 Å². The minimum absolute atomic E-state index is 0.216. The van der Waals surface area contributed by atoms with Crippen molar-refractivity contribution in [3.05, 3.63) is 42.5 Å². The number of aryl methyl sites for hydroxylation is 1. The number of rotatable bonds is 4. The quantitative estimate of drug-likeness (QED) is 0.926. The average Bonchev–Trinajstić information content (AvgIpc) is 3.05. The van der Waals surface area contributed by atoms with Crippen LogP contribution < -0.4 is 10.2 Å². The van der Waals surface area contributed by atoms with Crippen molar-refractivity contribution in [2.75, 3.05) is 16.8 Å². The molecule has 5 nitrogen and oxygen atoms in total. The number of nitrogens with one attached hydrogen (secondary N) is 1. The minimum Gasteiger partial charge on any atom is -0.379 e. The van der Waals surface area contributed by atoms with E-state index in [-0.39, 0.29) is 5.91 Å². The number of anilines is 2. The number of imidazole rings is 1. The van der Waals surface area contributed by atoms with E-state index in [1.807, 2.05) is 47.0 Å². The van der Waals surface area contributed by atoms with Crippen LogP contribution in [0.5, 0.6) is 0 Å². The molecule has 2 aromatic rings. The molecule has 1 aromatic heterocycles. The van der Waals surface area contributed by atoms with E-state index in [2.05, 4.69) is 10.3 Å². The Kier molecular flexibility index (Phi) is 3.41. The second kappa shape index (κ2) is 5.36. The van der Waals surface area contributed by atoms with E-state index >= 15 is 0 Å². The third-order valence-corrected chi connectivity index (χ3v) is 3.62. The molecule has 104 valence electrons. The Labute approximate surface area is 118 Å². The van der Waals surface area contributed by atoms with Gasteiger partial charge >= 0.3 is 0 Å². The van der Waals surface area contributed by atoms with Crippen molar-refractivity contribution in [1.82, 2.24) is 9.55 Å². The Balaban J connectivity index is 1.71. The smallest absolute Gasteiger partial charge is 0.227 e. The van der Waals surface area contributed by atoms with Gasteiger partial charge in [0.2, 0.25) is 5.91 Å². The maximum Gasteiger partial charge on any atom is 0.227 e. The lowest BCUT2D eigenvalue weighted by Crippen LogP contribution is -2.23. The van der Waals surface area contributed by atoms with Crippen molar-refractivity contribution in [3.63, 3.8) is 0 Å². The monoisotopic (exact) mass is 270 g/mol. The minimum atomic E-state index is 0.216. The van der Waals surface area contributed by atoms with E-state index in [0.717, 1.165) is 30.0 Å². The van der Waals surface area contributed by atoms with Crippen LogP contribution >= 0.6 is 0 Å². The van der Waals surface area contributed by atoms with Gasteiger partial charge in [0.25, 0.3) is 0 Å². The lowest BCUT2D eigenvalue weighted by atomic mass is 10.2. The zero-order valence-electron chi connectivity index (χ0n) is 11.5. The maximum atomic E-state index is 11.8. The molecule has 1 aliphatic rings. The lowest BCUT2D eigenvalue weighted by Gasteiger charge is -2.17. The number of aromatic nitrogens is 2. The highest BCUT2D eigenvalue weighted by molar-refractivity contribution is 5.95. The normalized spacial score (nSPS) is 14.8. The lowest BCUT2D eigenvalue weighted by molar-refractivity contribution is -0.117. The second-order valence-electron chi connectivity index (χ2n) is 5.05. The molecule has 1 aromatic carbocycles. The summed E-state index contributed by atoms with van der Waals surface area (Å²) < 4.78 is 1.99. The molecule has 0 bridgehead atoms. The summed E-state index contributed by atoms with van der Waals surface area (Å²) in [6.07, 6.45) is 5.25. The van der Waals surface area contributed by atoms with Gasteiger partial charge in [0.1, 0.15) is 0 Å². The molecule has 5 heteroatoms. The highest BCUT2D eigenvalue weighted by atomic mass is 16.2. The molecule has 1 N–H and O–H groups in total. The largest absolute Gasteiger partial charge is 0.379 e. The Bertz CT molecular complexity index is 620. The van der Waals surface area contributed by atoms with Gasteiger partial charge in [-0.2, -0.15) is 0 Å². The first-order valence-corrected chi connectivity index (χ1v) is 6.83. The zero-order chi connectivity index (χ0) is 13.9. The fourth-order valence-electron chi connectivity index (χ4n) is 2.45. The van der Waals surface area contributed by atoms with Crippen LogP contribution in [-0.4, -0.2) is 22.0 Å². The third kappa shape index (κ3) is 2.52. The van der Waals surface area contributed by atoms with Crippen LogP contribution in [0, 0.1) is 0 Å². The van der Waals surface area contributed by atoms with Gasteiger partial charge in [0.15, 0.2) is 0 Å². The van der Waals surface area contributed by atoms with Gasteiger partial charge in [-0.3, -0.25) is 4.79 Å². The van der Waals surface area contributed by atoms with Crippen LogP contribution in [0.4, 0.5) is 11.4 Å². The van der Waals surface area contributed by atoms with Gasteiger partial charge in [-0.15, -0.1) is 0 Å². The maximum absolute atomic E-state index is 11.8. The number of carbonyl (C=O) groups is 1. The molecule has 1 aliphatic heterocycles. The molecule has 0 aliphatic carbocycles. The van der Waals surface area contributed by atoms with Gasteiger partial charge in [0.05, 0.1) is 18.6 Å². The standard InChI is InChI=1S/C15H18N4O/c1-18-11-16-9-14(18)10-17-12-4-2-5-13(8-12)19-7-3-6-15(19)20/h2,4-5,8-9,11,17H,3,6-7,10H2,1H3. The third-order valence-electron chi connectivity index (χ3n) is 3.62. The molecule has 0 radical (unpaired) electrons. The summed E-state index contributed by atoms with van der Waals surface area (Å²) in [6.45, 7) is 1.54. The molecular formula is C15H18N4O. The van der Waals surface area contributed by atoms with E-state index < -0.39 is 0 Å². The van der Waals surface area contributed by atoms with E-state index in [1.165, 1.54) is 0 Å². The number of hydrogen-bond donors (Lipinski definition) is 1. The SMILES string of the molecule is Cn1cncc1CNc1cccc(N2CCCC2=O)c1. The van der Waals surface area contributed by atoms with Crippen LogP contribution in [0.3, 0.4) is 0 Å². The van der Waals surface area contributed by atoms with Gasteiger partial charge in [-0.1, -0.05) is 6.07 Å². The fourth-order valence-corrected chi connectivity index (χ4v) is 2.45. The molecule has 0 spiro atoms. The van der Waals surface area contributed by atoms with Gasteiger partial charge < -0.3 is 14.8 Å². The Morgan fingerprint density at radius 2 is 2.30 bits per heavy atom. The Morgan fingerprint density at radius 3 is 3.00 bits per heavy atom. The molecule has 1 amide bonds. The number of amides is 1. The number of carbonyl (C=O) groups excluding carboxylic acids is 1. The van der Waals surface area contributed by atoms with Crippen LogP contribution in [0.25, 0.3) is 0 Å². The predicted octanol–water partition coefficient (Wildman–Crippen LogP) is 2.16. The fraction of sp³-hybridized carbons (Fsp3) is 0.333. The highest BCUT2D eigenvalue weighted by Crippen LogP contribution is 2.24. The molecular weight excluding hydrogens is 252 g/mol. The first kappa shape index (κ1) is 12.7. The van der Waals surface area contributed by atoms with Gasteiger partial charge in [-0.25, -0.2) is 4.98 Å². The van der Waals surface area contributed by atoms with Gasteiger partial charge in [0, 0.05) is 37.6 Å². The summed E-state index contributed by atoms with van der Waals surface area (Å²) in [7, 11) is 1.98. The van der Waals surface area contributed by atoms with Crippen molar-refractivity contribution >= 4 is 17.3 Å². The molecule has 1 fully saturated rings. The Morgan fingerprint density at radius 1 is 1.40 bits per heavy atom. The summed E-state index contributed by atoms with van der Waals surface area (Å²) >= 11 is 0. The predicted molar refractivity (Wildman–Crippen MR) is 78.6 cm³/mol. The number of nitrogens with zero attached hydrogens (tertiary/aromatic N) is 3. The first-order chi connectivity index (χ1) is 9.74. The van der Waals surface area contributed by atoms with Crippen LogP contribution in [0.1, 0.15) is 18.5 Å². The van der Waals surface area contributed by atoms with Crippen molar-refractivity contribution in [2.24, 2.45) is 7.05 Å². The number of hydrogen-bond acceptors (Lipinski definition) is 3. The van der Waals surface area contributed by atoms with E-state index in [0.29, 0.717) is 13.0 Å². The van der Waals surface area contributed by atoms with Crippen LogP contribution in [0.15, 0.2) is 36.8 Å². The van der Waals surface area contributed by atoms with Gasteiger partial charge in [-0.05, 0) is 24.6 Å².